The van der Waals surface area contributed by atoms with Crippen LogP contribution >= 0.6 is 0 Å². The van der Waals surface area contributed by atoms with Crippen molar-refractivity contribution in [3.63, 3.8) is 0 Å². The van der Waals surface area contributed by atoms with Crippen molar-refractivity contribution in [1.82, 2.24) is 9.29 Å². The average molecular weight is 257 g/mol. The minimum atomic E-state index is -3.37. The van der Waals surface area contributed by atoms with Gasteiger partial charge in [0, 0.05) is 32.0 Å². The molecular formula is C11H19N3O2S. The minimum absolute atomic E-state index is 0.302. The van der Waals surface area contributed by atoms with Gasteiger partial charge in [0.15, 0.2) is 0 Å². The average Bonchev–Trinajstić information content (AvgIpc) is 3.00. The van der Waals surface area contributed by atoms with Gasteiger partial charge in [-0.15, -0.1) is 0 Å². The standard InChI is InChI=1S/C11H19N3O2S/c1-14-8-11(6-10(14)7-12)17(15,16)13-5-4-9-2-3-9/h6,8-9,13H,2-5,7,12H2,1H3. The van der Waals surface area contributed by atoms with Crippen LogP contribution in [0.5, 0.6) is 0 Å². The van der Waals surface area contributed by atoms with Crippen molar-refractivity contribution in [2.75, 3.05) is 6.54 Å². The molecule has 17 heavy (non-hydrogen) atoms. The molecule has 1 heterocycles. The van der Waals surface area contributed by atoms with E-state index in [1.54, 1.807) is 23.9 Å². The molecule has 2 rings (SSSR count). The molecule has 1 fully saturated rings. The van der Waals surface area contributed by atoms with Crippen molar-refractivity contribution < 1.29 is 8.42 Å². The molecule has 0 unspecified atom stereocenters. The van der Waals surface area contributed by atoms with Gasteiger partial charge in [0.25, 0.3) is 0 Å². The Morgan fingerprint density at radius 3 is 2.76 bits per heavy atom. The molecule has 0 radical (unpaired) electrons. The topological polar surface area (TPSA) is 77.1 Å². The molecular weight excluding hydrogens is 238 g/mol. The molecule has 5 nitrogen and oxygen atoms in total. The van der Waals surface area contributed by atoms with E-state index in [1.807, 2.05) is 0 Å². The summed E-state index contributed by atoms with van der Waals surface area (Å²) in [4.78, 5) is 0.302. The van der Waals surface area contributed by atoms with Crippen LogP contribution < -0.4 is 10.5 Å². The second-order valence-corrected chi connectivity index (χ2v) is 6.38. The minimum Gasteiger partial charge on any atom is -0.352 e. The zero-order valence-corrected chi connectivity index (χ0v) is 10.8. The summed E-state index contributed by atoms with van der Waals surface area (Å²) in [6.07, 6.45) is 5.02. The fourth-order valence-electron chi connectivity index (χ4n) is 1.81. The van der Waals surface area contributed by atoms with E-state index in [-0.39, 0.29) is 0 Å². The molecule has 0 saturated heterocycles. The van der Waals surface area contributed by atoms with Crippen LogP contribution in [-0.2, 0) is 23.6 Å². The van der Waals surface area contributed by atoms with Crippen molar-refractivity contribution in [2.24, 2.45) is 18.7 Å². The second-order valence-electron chi connectivity index (χ2n) is 4.61. The molecule has 0 atom stereocenters. The van der Waals surface area contributed by atoms with Gasteiger partial charge in [0.05, 0.1) is 4.90 Å². The summed E-state index contributed by atoms with van der Waals surface area (Å²) in [5.74, 6) is 0.730. The number of hydrogen-bond donors (Lipinski definition) is 2. The summed E-state index contributed by atoms with van der Waals surface area (Å²) in [6.45, 7) is 0.869. The van der Waals surface area contributed by atoms with Crippen LogP contribution in [0.2, 0.25) is 0 Å². The molecule has 1 aromatic heterocycles. The fourth-order valence-corrected chi connectivity index (χ4v) is 2.96. The lowest BCUT2D eigenvalue weighted by atomic mass is 10.3. The van der Waals surface area contributed by atoms with Gasteiger partial charge in [-0.25, -0.2) is 13.1 Å². The Bertz CT molecular complexity index is 489. The molecule has 96 valence electrons. The highest BCUT2D eigenvalue weighted by atomic mass is 32.2. The first-order valence-corrected chi connectivity index (χ1v) is 7.36. The third kappa shape index (κ3) is 3.08. The molecule has 1 saturated carbocycles. The Morgan fingerprint density at radius 2 is 2.24 bits per heavy atom. The smallest absolute Gasteiger partial charge is 0.242 e. The van der Waals surface area contributed by atoms with Crippen molar-refractivity contribution in [3.8, 4) is 0 Å². The first kappa shape index (κ1) is 12.6. The first-order valence-electron chi connectivity index (χ1n) is 5.88. The highest BCUT2D eigenvalue weighted by Crippen LogP contribution is 2.31. The third-order valence-corrected chi connectivity index (χ3v) is 4.57. The summed E-state index contributed by atoms with van der Waals surface area (Å²) in [7, 11) is -1.57. The quantitative estimate of drug-likeness (QED) is 0.782. The Morgan fingerprint density at radius 1 is 1.53 bits per heavy atom. The molecule has 6 heteroatoms. The molecule has 0 aliphatic heterocycles. The predicted molar refractivity (Wildman–Crippen MR) is 65.8 cm³/mol. The molecule has 3 N–H and O–H groups in total. The van der Waals surface area contributed by atoms with E-state index in [0.29, 0.717) is 18.0 Å². The maximum atomic E-state index is 12.0. The highest BCUT2D eigenvalue weighted by molar-refractivity contribution is 7.89. The maximum absolute atomic E-state index is 12.0. The number of sulfonamides is 1. The summed E-state index contributed by atoms with van der Waals surface area (Å²) in [5.41, 5.74) is 6.33. The van der Waals surface area contributed by atoms with Crippen molar-refractivity contribution in [2.45, 2.75) is 30.7 Å². The van der Waals surface area contributed by atoms with Gasteiger partial charge in [-0.1, -0.05) is 12.8 Å². The predicted octanol–water partition coefficient (Wildman–Crippen LogP) is 0.562. The molecule has 0 amide bonds. The summed E-state index contributed by atoms with van der Waals surface area (Å²) >= 11 is 0. The van der Waals surface area contributed by atoms with Crippen molar-refractivity contribution >= 4 is 10.0 Å². The molecule has 0 aromatic carbocycles. The highest BCUT2D eigenvalue weighted by Gasteiger charge is 2.22. The number of aromatic nitrogens is 1. The Hall–Kier alpha value is -0.850. The van der Waals surface area contributed by atoms with Gasteiger partial charge in [-0.2, -0.15) is 0 Å². The van der Waals surface area contributed by atoms with Crippen LogP contribution in [0.25, 0.3) is 0 Å². The SMILES string of the molecule is Cn1cc(S(=O)(=O)NCCC2CC2)cc1CN. The van der Waals surface area contributed by atoms with Crippen LogP contribution in [0.4, 0.5) is 0 Å². The normalized spacial score (nSPS) is 16.4. The number of hydrogen-bond acceptors (Lipinski definition) is 3. The Balaban J connectivity index is 2.01. The summed E-state index contributed by atoms with van der Waals surface area (Å²) in [6, 6.07) is 1.62. The zero-order chi connectivity index (χ0) is 12.5. The molecule has 0 spiro atoms. The Kier molecular flexibility index (Phi) is 3.56. The van der Waals surface area contributed by atoms with Gasteiger partial charge in [0.1, 0.15) is 0 Å². The number of nitrogens with two attached hydrogens (primary N) is 1. The van der Waals surface area contributed by atoms with Crippen molar-refractivity contribution in [1.29, 1.82) is 0 Å². The molecule has 1 aliphatic rings. The maximum Gasteiger partial charge on any atom is 0.242 e. The van der Waals surface area contributed by atoms with E-state index >= 15 is 0 Å². The lowest BCUT2D eigenvalue weighted by molar-refractivity contribution is 0.575. The summed E-state index contributed by atoms with van der Waals surface area (Å²) < 4.78 is 28.3. The number of rotatable bonds is 6. The van der Waals surface area contributed by atoms with Crippen LogP contribution in [0.3, 0.4) is 0 Å². The molecule has 1 aromatic rings. The van der Waals surface area contributed by atoms with Crippen LogP contribution in [-0.4, -0.2) is 19.5 Å². The fraction of sp³-hybridized carbons (Fsp3) is 0.636. The van der Waals surface area contributed by atoms with E-state index in [2.05, 4.69) is 4.72 Å². The lowest BCUT2D eigenvalue weighted by Gasteiger charge is -2.03. The second kappa shape index (κ2) is 4.80. The van der Waals surface area contributed by atoms with Crippen LogP contribution in [0.1, 0.15) is 25.0 Å². The number of nitrogens with one attached hydrogen (secondary N) is 1. The van der Waals surface area contributed by atoms with E-state index < -0.39 is 10.0 Å². The van der Waals surface area contributed by atoms with Gasteiger partial charge in [-0.3, -0.25) is 0 Å². The van der Waals surface area contributed by atoms with Gasteiger partial charge in [-0.05, 0) is 18.4 Å². The van der Waals surface area contributed by atoms with Crippen LogP contribution in [0, 0.1) is 5.92 Å². The molecule has 1 aliphatic carbocycles. The monoisotopic (exact) mass is 257 g/mol. The molecule has 0 bridgehead atoms. The van der Waals surface area contributed by atoms with E-state index in [0.717, 1.165) is 18.0 Å². The van der Waals surface area contributed by atoms with E-state index in [1.165, 1.54) is 12.8 Å². The first-order chi connectivity index (χ1) is 8.03. The summed E-state index contributed by atoms with van der Waals surface area (Å²) in [5, 5.41) is 0. The van der Waals surface area contributed by atoms with Crippen LogP contribution in [0.15, 0.2) is 17.2 Å². The van der Waals surface area contributed by atoms with E-state index in [4.69, 9.17) is 5.73 Å². The van der Waals surface area contributed by atoms with Gasteiger partial charge in [0.2, 0.25) is 10.0 Å². The third-order valence-electron chi connectivity index (χ3n) is 3.14. The lowest BCUT2D eigenvalue weighted by Crippen LogP contribution is -2.24. The van der Waals surface area contributed by atoms with E-state index in [9.17, 15) is 8.42 Å². The van der Waals surface area contributed by atoms with Crippen molar-refractivity contribution in [3.05, 3.63) is 18.0 Å². The van der Waals surface area contributed by atoms with Gasteiger partial charge >= 0.3 is 0 Å². The Labute approximate surface area is 102 Å². The number of nitrogens with zero attached hydrogens (tertiary/aromatic N) is 1. The van der Waals surface area contributed by atoms with Gasteiger partial charge < -0.3 is 10.3 Å². The largest absolute Gasteiger partial charge is 0.352 e. The zero-order valence-electron chi connectivity index (χ0n) is 10.0. The number of aryl methyl sites for hydroxylation is 1.